The Labute approximate surface area is 204 Å². The first-order chi connectivity index (χ1) is 16.4. The summed E-state index contributed by atoms with van der Waals surface area (Å²) in [7, 11) is 0. The van der Waals surface area contributed by atoms with Crippen LogP contribution in [-0.4, -0.2) is 36.7 Å². The van der Waals surface area contributed by atoms with Gasteiger partial charge in [-0.2, -0.15) is 0 Å². The molecular formula is C26H21BrN2O5. The third kappa shape index (κ3) is 5.58. The lowest BCUT2D eigenvalue weighted by atomic mass is 10.1. The zero-order chi connectivity index (χ0) is 24.1. The molecule has 1 N–H and O–H groups in total. The Bertz CT molecular complexity index is 1210. The number of nitrogens with one attached hydrogen (secondary N) is 1. The lowest BCUT2D eigenvalue weighted by molar-refractivity contribution is -0.122. The highest BCUT2D eigenvalue weighted by molar-refractivity contribution is 9.10. The van der Waals surface area contributed by atoms with E-state index in [0.717, 1.165) is 10.2 Å². The molecule has 0 radical (unpaired) electrons. The maximum atomic E-state index is 12.7. The van der Waals surface area contributed by atoms with Crippen LogP contribution in [0.25, 0.3) is 0 Å². The summed E-state index contributed by atoms with van der Waals surface area (Å²) >= 11 is 3.37. The van der Waals surface area contributed by atoms with Gasteiger partial charge in [0, 0.05) is 34.4 Å². The highest BCUT2D eigenvalue weighted by Gasteiger charge is 2.35. The molecule has 0 aromatic heterocycles. The van der Waals surface area contributed by atoms with Crippen molar-refractivity contribution >= 4 is 50.9 Å². The number of carbonyl (C=O) groups excluding carboxylic acids is 4. The fourth-order valence-corrected chi connectivity index (χ4v) is 3.87. The van der Waals surface area contributed by atoms with Crippen LogP contribution in [-0.2, 0) is 14.3 Å². The van der Waals surface area contributed by atoms with E-state index in [2.05, 4.69) is 21.2 Å². The molecule has 1 aliphatic heterocycles. The molecule has 1 heterocycles. The lowest BCUT2D eigenvalue weighted by Gasteiger charge is -2.17. The largest absolute Gasteiger partial charge is 0.454 e. The first-order valence-corrected chi connectivity index (χ1v) is 11.4. The number of esters is 1. The third-order valence-electron chi connectivity index (χ3n) is 5.45. The second kappa shape index (κ2) is 10.4. The Morgan fingerprint density at radius 2 is 1.59 bits per heavy atom. The fourth-order valence-electron chi connectivity index (χ4n) is 3.61. The van der Waals surface area contributed by atoms with E-state index < -0.39 is 11.9 Å². The topological polar surface area (TPSA) is 92.8 Å². The van der Waals surface area contributed by atoms with Crippen molar-refractivity contribution in [2.45, 2.75) is 6.42 Å². The van der Waals surface area contributed by atoms with Crippen molar-refractivity contribution in [1.82, 2.24) is 0 Å². The van der Waals surface area contributed by atoms with Crippen molar-refractivity contribution < 1.29 is 23.9 Å². The summed E-state index contributed by atoms with van der Waals surface area (Å²) in [6, 6.07) is 22.1. The highest BCUT2D eigenvalue weighted by atomic mass is 79.9. The normalized spacial score (nSPS) is 15.1. The van der Waals surface area contributed by atoms with Crippen LogP contribution in [0.5, 0.6) is 0 Å². The molecule has 0 saturated carbocycles. The number of Topliss-reactive ketones (excluding diaryl/α,β-unsaturated/α-hetero) is 1. The van der Waals surface area contributed by atoms with Crippen LogP contribution in [0.15, 0.2) is 83.3 Å². The Morgan fingerprint density at radius 1 is 0.912 bits per heavy atom. The minimum absolute atomic E-state index is 0.106. The number of rotatable bonds is 7. The molecule has 0 spiro atoms. The summed E-state index contributed by atoms with van der Waals surface area (Å²) in [6.07, 6.45) is 0.127. The highest BCUT2D eigenvalue weighted by Crippen LogP contribution is 2.27. The van der Waals surface area contributed by atoms with E-state index in [9.17, 15) is 19.2 Å². The second-order valence-corrected chi connectivity index (χ2v) is 8.73. The molecule has 1 saturated heterocycles. The van der Waals surface area contributed by atoms with Crippen LogP contribution < -0.4 is 10.2 Å². The van der Waals surface area contributed by atoms with Gasteiger partial charge in [0.1, 0.15) is 0 Å². The minimum atomic E-state index is -0.631. The molecule has 7 nitrogen and oxygen atoms in total. The van der Waals surface area contributed by atoms with E-state index in [0.29, 0.717) is 17.8 Å². The van der Waals surface area contributed by atoms with Crippen molar-refractivity contribution in [2.24, 2.45) is 5.92 Å². The Hall–Kier alpha value is -3.78. The molecule has 1 atom stereocenters. The predicted octanol–water partition coefficient (Wildman–Crippen LogP) is 4.48. The van der Waals surface area contributed by atoms with Crippen LogP contribution in [0, 0.1) is 5.92 Å². The van der Waals surface area contributed by atoms with E-state index in [1.807, 2.05) is 24.3 Å². The number of benzene rings is 3. The molecule has 172 valence electrons. The van der Waals surface area contributed by atoms with Gasteiger partial charge in [-0.05, 0) is 48.5 Å². The third-order valence-corrected chi connectivity index (χ3v) is 5.98. The first kappa shape index (κ1) is 23.4. The molecule has 3 aromatic rings. The standard InChI is InChI=1S/C26H21BrN2O5/c27-20-8-12-22(13-9-20)29-15-19(14-24(29)31)25(32)28-21-10-6-18(7-11-21)26(33)34-16-23(30)17-4-2-1-3-5-17/h1-13,19H,14-16H2,(H,28,32)/t19-/m1/s1. The average Bonchev–Trinajstić information content (AvgIpc) is 3.25. The van der Waals surface area contributed by atoms with Crippen LogP contribution >= 0.6 is 15.9 Å². The Balaban J connectivity index is 1.30. The zero-order valence-electron chi connectivity index (χ0n) is 18.1. The SMILES string of the molecule is O=C(COC(=O)c1ccc(NC(=O)[C@@H]2CC(=O)N(c3ccc(Br)cc3)C2)cc1)c1ccccc1. The summed E-state index contributed by atoms with van der Waals surface area (Å²) in [5, 5.41) is 2.79. The van der Waals surface area contributed by atoms with Gasteiger partial charge < -0.3 is 15.0 Å². The lowest BCUT2D eigenvalue weighted by Crippen LogP contribution is -2.28. The van der Waals surface area contributed by atoms with Crippen LogP contribution in [0.3, 0.4) is 0 Å². The molecule has 1 aliphatic rings. The van der Waals surface area contributed by atoms with Crippen LogP contribution in [0.2, 0.25) is 0 Å². The molecule has 2 amide bonds. The molecule has 1 fully saturated rings. The summed E-state index contributed by atoms with van der Waals surface area (Å²) in [5.41, 5.74) is 1.97. The van der Waals surface area contributed by atoms with Gasteiger partial charge in [-0.15, -0.1) is 0 Å². The van der Waals surface area contributed by atoms with Gasteiger partial charge in [-0.1, -0.05) is 46.3 Å². The second-order valence-electron chi connectivity index (χ2n) is 7.81. The Morgan fingerprint density at radius 3 is 2.26 bits per heavy atom. The molecule has 8 heteroatoms. The quantitative estimate of drug-likeness (QED) is 0.366. The van der Waals surface area contributed by atoms with Crippen LogP contribution in [0.1, 0.15) is 27.1 Å². The van der Waals surface area contributed by atoms with E-state index >= 15 is 0 Å². The smallest absolute Gasteiger partial charge is 0.338 e. The number of carbonyl (C=O) groups is 4. The number of ketones is 1. The van der Waals surface area contributed by atoms with Gasteiger partial charge in [-0.25, -0.2) is 4.79 Å². The maximum Gasteiger partial charge on any atom is 0.338 e. The van der Waals surface area contributed by atoms with Gasteiger partial charge >= 0.3 is 5.97 Å². The maximum absolute atomic E-state index is 12.7. The average molecular weight is 521 g/mol. The summed E-state index contributed by atoms with van der Waals surface area (Å²) in [4.78, 5) is 51.0. The van der Waals surface area contributed by atoms with Gasteiger partial charge in [-0.3, -0.25) is 14.4 Å². The molecule has 34 heavy (non-hydrogen) atoms. The number of hydrogen-bond donors (Lipinski definition) is 1. The van der Waals surface area contributed by atoms with Gasteiger partial charge in [0.2, 0.25) is 11.8 Å². The van der Waals surface area contributed by atoms with Crippen molar-refractivity contribution in [3.8, 4) is 0 Å². The molecule has 3 aromatic carbocycles. The van der Waals surface area contributed by atoms with E-state index in [-0.39, 0.29) is 36.2 Å². The summed E-state index contributed by atoms with van der Waals surface area (Å²) in [5.74, 6) is -1.78. The summed E-state index contributed by atoms with van der Waals surface area (Å²) in [6.45, 7) is -0.0575. The molecule has 4 rings (SSSR count). The first-order valence-electron chi connectivity index (χ1n) is 10.6. The van der Waals surface area contributed by atoms with E-state index in [1.54, 1.807) is 47.4 Å². The van der Waals surface area contributed by atoms with Crippen molar-refractivity contribution in [1.29, 1.82) is 0 Å². The van der Waals surface area contributed by atoms with Crippen molar-refractivity contribution in [3.63, 3.8) is 0 Å². The van der Waals surface area contributed by atoms with Gasteiger partial charge in [0.05, 0.1) is 11.5 Å². The fraction of sp³-hybridized carbons (Fsp3) is 0.154. The molecular weight excluding hydrogens is 500 g/mol. The number of ether oxygens (including phenoxy) is 1. The monoisotopic (exact) mass is 520 g/mol. The zero-order valence-corrected chi connectivity index (χ0v) is 19.7. The van der Waals surface area contributed by atoms with Gasteiger partial charge in [0.25, 0.3) is 0 Å². The van der Waals surface area contributed by atoms with Crippen molar-refractivity contribution in [2.75, 3.05) is 23.4 Å². The van der Waals surface area contributed by atoms with E-state index in [1.165, 1.54) is 12.1 Å². The summed E-state index contributed by atoms with van der Waals surface area (Å²) < 4.78 is 6.01. The number of halogens is 1. The van der Waals surface area contributed by atoms with Crippen molar-refractivity contribution in [3.05, 3.63) is 94.5 Å². The van der Waals surface area contributed by atoms with Gasteiger partial charge in [0.15, 0.2) is 12.4 Å². The van der Waals surface area contributed by atoms with Crippen LogP contribution in [0.4, 0.5) is 11.4 Å². The predicted molar refractivity (Wildman–Crippen MR) is 131 cm³/mol. The minimum Gasteiger partial charge on any atom is -0.454 e. The number of nitrogens with zero attached hydrogens (tertiary/aromatic N) is 1. The molecule has 0 unspecified atom stereocenters. The molecule has 0 bridgehead atoms. The van der Waals surface area contributed by atoms with E-state index in [4.69, 9.17) is 4.74 Å². The number of hydrogen-bond acceptors (Lipinski definition) is 5. The number of amides is 2. The number of anilines is 2. The molecule has 0 aliphatic carbocycles. The Kier molecular flexibility index (Phi) is 7.18.